The summed E-state index contributed by atoms with van der Waals surface area (Å²) in [4.78, 5) is 8.03. The van der Waals surface area contributed by atoms with Crippen molar-refractivity contribution in [3.05, 3.63) is 41.7 Å². The van der Waals surface area contributed by atoms with E-state index in [9.17, 15) is 0 Å². The highest BCUT2D eigenvalue weighted by atomic mass is 16.5. The Labute approximate surface area is 112 Å². The fourth-order valence-electron chi connectivity index (χ4n) is 1.92. The molecule has 100 valence electrons. The molecule has 0 atom stereocenters. The second-order valence-electron chi connectivity index (χ2n) is 4.24. The lowest BCUT2D eigenvalue weighted by Crippen LogP contribution is -2.10. The highest BCUT2D eigenvalue weighted by molar-refractivity contribution is 5.61. The van der Waals surface area contributed by atoms with Gasteiger partial charge in [-0.2, -0.15) is 0 Å². The summed E-state index contributed by atoms with van der Waals surface area (Å²) < 4.78 is 5.19. The summed E-state index contributed by atoms with van der Waals surface area (Å²) in [6.07, 6.45) is 2.34. The Bertz CT molecular complexity index is 557. The van der Waals surface area contributed by atoms with Gasteiger partial charge in [0.05, 0.1) is 7.11 Å². The Morgan fingerprint density at radius 2 is 2.05 bits per heavy atom. The molecule has 2 aromatic rings. The number of methoxy groups -OCH3 is 1. The Hall–Kier alpha value is -2.30. The van der Waals surface area contributed by atoms with Crippen LogP contribution in [0.3, 0.4) is 0 Å². The monoisotopic (exact) mass is 258 g/mol. The van der Waals surface area contributed by atoms with E-state index in [1.165, 1.54) is 17.5 Å². The second-order valence-corrected chi connectivity index (χ2v) is 4.24. The zero-order chi connectivity index (χ0) is 13.7. The van der Waals surface area contributed by atoms with Crippen molar-refractivity contribution in [1.29, 1.82) is 0 Å². The number of aryl methyl sites for hydroxylation is 1. The number of hydrogen-bond acceptors (Lipinski definition) is 5. The largest absolute Gasteiger partial charge is 0.490 e. The summed E-state index contributed by atoms with van der Waals surface area (Å²) in [5.41, 5.74) is 8.33. The first-order chi connectivity index (χ1) is 9.22. The van der Waals surface area contributed by atoms with E-state index in [2.05, 4.69) is 34.3 Å². The summed E-state index contributed by atoms with van der Waals surface area (Å²) in [7, 11) is 1.56. The zero-order valence-electron chi connectivity index (χ0n) is 11.2. The van der Waals surface area contributed by atoms with Gasteiger partial charge in [0.2, 0.25) is 5.75 Å². The molecule has 0 radical (unpaired) electrons. The van der Waals surface area contributed by atoms with Gasteiger partial charge in [-0.1, -0.05) is 24.3 Å². The molecule has 5 heteroatoms. The summed E-state index contributed by atoms with van der Waals surface area (Å²) in [6, 6.07) is 8.33. The van der Waals surface area contributed by atoms with Gasteiger partial charge in [0, 0.05) is 6.54 Å². The van der Waals surface area contributed by atoms with Gasteiger partial charge in [0.15, 0.2) is 11.6 Å². The number of nitrogens with zero attached hydrogens (tertiary/aromatic N) is 2. The smallest absolute Gasteiger partial charge is 0.203 e. The van der Waals surface area contributed by atoms with Crippen LogP contribution in [0.25, 0.3) is 0 Å². The molecule has 3 N–H and O–H groups in total. The second kappa shape index (κ2) is 6.04. The number of nitrogens with two attached hydrogens (primary N) is 1. The number of aromatic nitrogens is 2. The van der Waals surface area contributed by atoms with Crippen LogP contribution in [0.5, 0.6) is 5.75 Å². The summed E-state index contributed by atoms with van der Waals surface area (Å²) in [5.74, 6) is 1.46. The normalized spacial score (nSPS) is 10.2. The van der Waals surface area contributed by atoms with Crippen LogP contribution < -0.4 is 15.8 Å². The van der Waals surface area contributed by atoms with Crippen molar-refractivity contribution in [2.45, 2.75) is 13.3 Å². The van der Waals surface area contributed by atoms with Crippen LogP contribution in [0.15, 0.2) is 30.6 Å². The molecule has 0 bridgehead atoms. The first-order valence-corrected chi connectivity index (χ1v) is 6.15. The number of ether oxygens (including phenoxy) is 1. The minimum atomic E-state index is 0.343. The number of nitrogen functional groups attached to an aromatic ring is 1. The molecule has 2 rings (SSSR count). The van der Waals surface area contributed by atoms with Crippen molar-refractivity contribution in [3.8, 4) is 5.75 Å². The first kappa shape index (κ1) is 13.1. The van der Waals surface area contributed by atoms with Gasteiger partial charge in [-0.15, -0.1) is 0 Å². The lowest BCUT2D eigenvalue weighted by molar-refractivity contribution is 0.415. The molecule has 1 heterocycles. The van der Waals surface area contributed by atoms with Gasteiger partial charge in [-0.05, 0) is 24.5 Å². The first-order valence-electron chi connectivity index (χ1n) is 6.15. The minimum Gasteiger partial charge on any atom is -0.490 e. The SMILES string of the molecule is COc1c(N)ncnc1NCCc1ccccc1C. The molecule has 19 heavy (non-hydrogen) atoms. The third-order valence-corrected chi connectivity index (χ3v) is 2.98. The average molecular weight is 258 g/mol. The Morgan fingerprint density at radius 1 is 1.26 bits per heavy atom. The third-order valence-electron chi connectivity index (χ3n) is 2.98. The van der Waals surface area contributed by atoms with E-state index in [1.807, 2.05) is 12.1 Å². The Kier molecular flexibility index (Phi) is 4.18. The lowest BCUT2D eigenvalue weighted by Gasteiger charge is -2.11. The standard InChI is InChI=1S/C14H18N4O/c1-10-5-3-4-6-11(10)7-8-16-14-12(19-2)13(15)17-9-18-14/h3-6,9H,7-8H2,1-2H3,(H3,15,16,17,18). The van der Waals surface area contributed by atoms with Crippen molar-refractivity contribution in [2.24, 2.45) is 0 Å². The summed E-state index contributed by atoms with van der Waals surface area (Å²) >= 11 is 0. The van der Waals surface area contributed by atoms with Crippen LogP contribution in [-0.4, -0.2) is 23.6 Å². The van der Waals surface area contributed by atoms with Gasteiger partial charge in [-0.3, -0.25) is 0 Å². The fraction of sp³-hybridized carbons (Fsp3) is 0.286. The maximum Gasteiger partial charge on any atom is 0.203 e. The number of nitrogens with one attached hydrogen (secondary N) is 1. The van der Waals surface area contributed by atoms with Crippen LogP contribution >= 0.6 is 0 Å². The highest BCUT2D eigenvalue weighted by Gasteiger charge is 2.08. The van der Waals surface area contributed by atoms with Crippen LogP contribution in [0.1, 0.15) is 11.1 Å². The molecule has 0 fully saturated rings. The van der Waals surface area contributed by atoms with Gasteiger partial charge < -0.3 is 15.8 Å². The quantitative estimate of drug-likeness (QED) is 0.858. The molecule has 0 aliphatic carbocycles. The van der Waals surface area contributed by atoms with E-state index in [0.29, 0.717) is 17.4 Å². The molecule has 1 aromatic carbocycles. The van der Waals surface area contributed by atoms with Crippen LogP contribution in [0.4, 0.5) is 11.6 Å². The molecule has 0 aliphatic rings. The van der Waals surface area contributed by atoms with Gasteiger partial charge >= 0.3 is 0 Å². The summed E-state index contributed by atoms with van der Waals surface area (Å²) in [5, 5.41) is 3.22. The molecule has 0 amide bonds. The maximum absolute atomic E-state index is 5.72. The van der Waals surface area contributed by atoms with Crippen molar-refractivity contribution in [3.63, 3.8) is 0 Å². The van der Waals surface area contributed by atoms with E-state index in [1.54, 1.807) is 7.11 Å². The molecular formula is C14H18N4O. The van der Waals surface area contributed by atoms with E-state index in [4.69, 9.17) is 10.5 Å². The van der Waals surface area contributed by atoms with Crippen molar-refractivity contribution < 1.29 is 4.74 Å². The van der Waals surface area contributed by atoms with Crippen LogP contribution in [0.2, 0.25) is 0 Å². The van der Waals surface area contributed by atoms with E-state index in [-0.39, 0.29) is 0 Å². The predicted octanol–water partition coefficient (Wildman–Crippen LogP) is 2.03. The van der Waals surface area contributed by atoms with Crippen molar-refractivity contribution in [1.82, 2.24) is 9.97 Å². The highest BCUT2D eigenvalue weighted by Crippen LogP contribution is 2.26. The van der Waals surface area contributed by atoms with Crippen molar-refractivity contribution >= 4 is 11.6 Å². The van der Waals surface area contributed by atoms with Gasteiger partial charge in [-0.25, -0.2) is 9.97 Å². The Morgan fingerprint density at radius 3 is 2.79 bits per heavy atom. The number of benzene rings is 1. The molecular weight excluding hydrogens is 240 g/mol. The molecule has 0 aliphatic heterocycles. The van der Waals surface area contributed by atoms with E-state index < -0.39 is 0 Å². The Balaban J connectivity index is 2.00. The molecule has 0 saturated carbocycles. The average Bonchev–Trinajstić information content (AvgIpc) is 2.41. The molecule has 5 nitrogen and oxygen atoms in total. The molecule has 0 unspecified atom stereocenters. The predicted molar refractivity (Wildman–Crippen MR) is 76.4 cm³/mol. The van der Waals surface area contributed by atoms with Crippen LogP contribution in [-0.2, 0) is 6.42 Å². The summed E-state index contributed by atoms with van der Waals surface area (Å²) in [6.45, 7) is 2.87. The zero-order valence-corrected chi connectivity index (χ0v) is 11.2. The molecule has 0 saturated heterocycles. The van der Waals surface area contributed by atoms with Gasteiger partial charge in [0.1, 0.15) is 6.33 Å². The van der Waals surface area contributed by atoms with E-state index in [0.717, 1.165) is 13.0 Å². The molecule has 0 spiro atoms. The van der Waals surface area contributed by atoms with Gasteiger partial charge in [0.25, 0.3) is 0 Å². The topological polar surface area (TPSA) is 73.1 Å². The fourth-order valence-corrected chi connectivity index (χ4v) is 1.92. The number of hydrogen-bond donors (Lipinski definition) is 2. The maximum atomic E-state index is 5.72. The number of rotatable bonds is 5. The molecule has 1 aromatic heterocycles. The number of anilines is 2. The lowest BCUT2D eigenvalue weighted by atomic mass is 10.1. The van der Waals surface area contributed by atoms with Crippen molar-refractivity contribution in [2.75, 3.05) is 24.7 Å². The van der Waals surface area contributed by atoms with E-state index >= 15 is 0 Å². The third kappa shape index (κ3) is 3.13. The minimum absolute atomic E-state index is 0.343. The van der Waals surface area contributed by atoms with Crippen LogP contribution in [0, 0.1) is 6.92 Å².